The number of carboxylic acid groups (broad SMARTS) is 1. The average Bonchev–Trinajstić information content (AvgIpc) is 1.91. The maximum Gasteiger partial charge on any atom is 0.323 e. The molecule has 82 valence electrons. The zero-order valence-corrected chi connectivity index (χ0v) is 8.51. The minimum atomic E-state index is -3.51. The van der Waals surface area contributed by atoms with E-state index in [-0.39, 0.29) is 12.3 Å². The second kappa shape index (κ2) is 3.84. The van der Waals surface area contributed by atoms with Gasteiger partial charge in [-0.3, -0.25) is 4.79 Å². The molecule has 0 amide bonds. The summed E-state index contributed by atoms with van der Waals surface area (Å²) in [4.78, 5) is 10.8. The second-order valence-electron chi connectivity index (χ2n) is 3.53. The molecular formula is C7H14N2O4S. The van der Waals surface area contributed by atoms with E-state index in [1.807, 2.05) is 0 Å². The van der Waals surface area contributed by atoms with E-state index in [4.69, 9.17) is 10.2 Å². The molecule has 0 saturated heterocycles. The monoisotopic (exact) mass is 222 g/mol. The Hall–Kier alpha value is -0.660. The van der Waals surface area contributed by atoms with Gasteiger partial charge in [-0.1, -0.05) is 0 Å². The van der Waals surface area contributed by atoms with Gasteiger partial charge in [-0.2, -0.15) is 0 Å². The molecule has 0 bridgehead atoms. The van der Waals surface area contributed by atoms with E-state index in [0.717, 1.165) is 6.42 Å². The van der Waals surface area contributed by atoms with Crippen molar-refractivity contribution < 1.29 is 18.3 Å². The number of rotatable bonds is 5. The molecule has 0 atom stereocenters. The third-order valence-corrected chi connectivity index (χ3v) is 3.24. The van der Waals surface area contributed by atoms with Crippen LogP contribution >= 0.6 is 0 Å². The van der Waals surface area contributed by atoms with Gasteiger partial charge in [0, 0.05) is 6.54 Å². The molecule has 1 rings (SSSR count). The van der Waals surface area contributed by atoms with Crippen molar-refractivity contribution in [3.63, 3.8) is 0 Å². The molecule has 6 nitrogen and oxygen atoms in total. The normalized spacial score (nSPS) is 20.1. The number of nitrogens with one attached hydrogen (secondary N) is 1. The van der Waals surface area contributed by atoms with Crippen molar-refractivity contribution in [3.05, 3.63) is 0 Å². The third kappa shape index (κ3) is 2.66. The molecule has 0 aromatic carbocycles. The first kappa shape index (κ1) is 11.4. The summed E-state index contributed by atoms with van der Waals surface area (Å²) in [6.07, 6.45) is 1.95. The summed E-state index contributed by atoms with van der Waals surface area (Å²) in [6.45, 7) is 0.0884. The van der Waals surface area contributed by atoms with E-state index >= 15 is 0 Å². The van der Waals surface area contributed by atoms with Gasteiger partial charge in [0.25, 0.3) is 0 Å². The van der Waals surface area contributed by atoms with E-state index in [2.05, 4.69) is 5.32 Å². The Balaban J connectivity index is 2.40. The standard InChI is InChI=1S/C7H14N2O4S/c8-14(12,13)5-4-9-7(6(10)11)2-1-3-7/h9H,1-5H2,(H,10,11)(H2,8,12,13). The number of hydrogen-bond acceptors (Lipinski definition) is 4. The van der Waals surface area contributed by atoms with Crippen LogP contribution in [0.4, 0.5) is 0 Å². The number of hydrogen-bond donors (Lipinski definition) is 3. The summed E-state index contributed by atoms with van der Waals surface area (Å²) < 4.78 is 21.2. The highest BCUT2D eigenvalue weighted by Crippen LogP contribution is 2.31. The molecular weight excluding hydrogens is 208 g/mol. The molecule has 0 aromatic heterocycles. The number of carboxylic acids is 1. The largest absolute Gasteiger partial charge is 0.480 e. The maximum atomic E-state index is 10.8. The molecule has 14 heavy (non-hydrogen) atoms. The first-order valence-corrected chi connectivity index (χ1v) is 6.06. The molecule has 0 heterocycles. The van der Waals surface area contributed by atoms with Gasteiger partial charge in [-0.15, -0.1) is 0 Å². The lowest BCUT2D eigenvalue weighted by Gasteiger charge is -2.38. The maximum absolute atomic E-state index is 10.8. The summed E-state index contributed by atoms with van der Waals surface area (Å²) >= 11 is 0. The number of nitrogens with two attached hydrogens (primary N) is 1. The number of carbonyl (C=O) groups is 1. The van der Waals surface area contributed by atoms with Gasteiger partial charge in [-0.05, 0) is 19.3 Å². The molecule has 0 spiro atoms. The Bertz CT molecular complexity index is 321. The first-order valence-electron chi connectivity index (χ1n) is 4.35. The Labute approximate surface area is 82.5 Å². The molecule has 0 aliphatic heterocycles. The fraction of sp³-hybridized carbons (Fsp3) is 0.857. The predicted molar refractivity (Wildman–Crippen MR) is 50.2 cm³/mol. The van der Waals surface area contributed by atoms with Gasteiger partial charge in [0.1, 0.15) is 5.54 Å². The Morgan fingerprint density at radius 3 is 2.36 bits per heavy atom. The number of primary sulfonamides is 1. The molecule has 1 aliphatic rings. The van der Waals surface area contributed by atoms with Crippen molar-refractivity contribution in [2.24, 2.45) is 5.14 Å². The zero-order chi connectivity index (χ0) is 10.8. The molecule has 0 aromatic rings. The third-order valence-electron chi connectivity index (χ3n) is 2.47. The van der Waals surface area contributed by atoms with Gasteiger partial charge in [0.2, 0.25) is 10.0 Å². The molecule has 1 fully saturated rings. The fourth-order valence-electron chi connectivity index (χ4n) is 1.43. The summed E-state index contributed by atoms with van der Waals surface area (Å²) in [7, 11) is -3.51. The highest BCUT2D eigenvalue weighted by atomic mass is 32.2. The van der Waals surface area contributed by atoms with Crippen molar-refractivity contribution in [2.45, 2.75) is 24.8 Å². The number of aliphatic carboxylic acids is 1. The van der Waals surface area contributed by atoms with Crippen LogP contribution in [0.5, 0.6) is 0 Å². The van der Waals surface area contributed by atoms with Crippen molar-refractivity contribution >= 4 is 16.0 Å². The van der Waals surface area contributed by atoms with Gasteiger partial charge >= 0.3 is 5.97 Å². The van der Waals surface area contributed by atoms with Crippen LogP contribution < -0.4 is 10.5 Å². The Morgan fingerprint density at radius 2 is 2.07 bits per heavy atom. The van der Waals surface area contributed by atoms with Crippen molar-refractivity contribution in [1.29, 1.82) is 0 Å². The van der Waals surface area contributed by atoms with Gasteiger partial charge < -0.3 is 10.4 Å². The topological polar surface area (TPSA) is 109 Å². The lowest BCUT2D eigenvalue weighted by atomic mass is 9.77. The predicted octanol–water partition coefficient (Wildman–Crippen LogP) is -1.13. The SMILES string of the molecule is NS(=O)(=O)CCNC1(C(=O)O)CCC1. The first-order chi connectivity index (χ1) is 6.36. The minimum Gasteiger partial charge on any atom is -0.480 e. The van der Waals surface area contributed by atoms with Crippen LogP contribution in [0.25, 0.3) is 0 Å². The van der Waals surface area contributed by atoms with Crippen LogP contribution in [0, 0.1) is 0 Å². The van der Waals surface area contributed by atoms with Gasteiger partial charge in [0.15, 0.2) is 0 Å². The number of sulfonamides is 1. The molecule has 0 unspecified atom stereocenters. The zero-order valence-electron chi connectivity index (χ0n) is 7.69. The lowest BCUT2D eigenvalue weighted by Crippen LogP contribution is -2.58. The van der Waals surface area contributed by atoms with Crippen LogP contribution in [0.15, 0.2) is 0 Å². The van der Waals surface area contributed by atoms with Crippen molar-refractivity contribution in [1.82, 2.24) is 5.32 Å². The quantitative estimate of drug-likeness (QED) is 0.545. The second-order valence-corrected chi connectivity index (χ2v) is 5.27. The molecule has 4 N–H and O–H groups in total. The van der Waals surface area contributed by atoms with Crippen LogP contribution in [0.1, 0.15) is 19.3 Å². The van der Waals surface area contributed by atoms with Crippen LogP contribution in [-0.2, 0) is 14.8 Å². The average molecular weight is 222 g/mol. The van der Waals surface area contributed by atoms with Crippen LogP contribution in [-0.4, -0.2) is 37.3 Å². The van der Waals surface area contributed by atoms with Crippen molar-refractivity contribution in [2.75, 3.05) is 12.3 Å². The highest BCUT2D eigenvalue weighted by Gasteiger charge is 2.43. The fourth-order valence-corrected chi connectivity index (χ4v) is 1.82. The molecule has 7 heteroatoms. The van der Waals surface area contributed by atoms with Crippen molar-refractivity contribution in [3.8, 4) is 0 Å². The van der Waals surface area contributed by atoms with Gasteiger partial charge in [0.05, 0.1) is 5.75 Å². The van der Waals surface area contributed by atoms with Crippen LogP contribution in [0.3, 0.4) is 0 Å². The van der Waals surface area contributed by atoms with E-state index in [1.54, 1.807) is 0 Å². The van der Waals surface area contributed by atoms with E-state index < -0.39 is 21.5 Å². The molecule has 1 saturated carbocycles. The summed E-state index contributed by atoms with van der Waals surface area (Å²) in [5, 5.41) is 16.4. The van der Waals surface area contributed by atoms with Crippen LogP contribution in [0.2, 0.25) is 0 Å². The Kier molecular flexibility index (Phi) is 3.13. The van der Waals surface area contributed by atoms with Gasteiger partial charge in [-0.25, -0.2) is 13.6 Å². The molecule has 1 aliphatic carbocycles. The highest BCUT2D eigenvalue weighted by molar-refractivity contribution is 7.89. The molecule has 0 radical (unpaired) electrons. The van der Waals surface area contributed by atoms with E-state index in [9.17, 15) is 13.2 Å². The smallest absolute Gasteiger partial charge is 0.323 e. The minimum absolute atomic E-state index is 0.0884. The summed E-state index contributed by atoms with van der Waals surface area (Å²) in [5.74, 6) is -1.15. The van der Waals surface area contributed by atoms with E-state index in [0.29, 0.717) is 12.8 Å². The summed E-state index contributed by atoms with van der Waals surface area (Å²) in [5.41, 5.74) is -0.912. The van der Waals surface area contributed by atoms with E-state index in [1.165, 1.54) is 0 Å². The summed E-state index contributed by atoms with van der Waals surface area (Å²) in [6, 6.07) is 0. The Morgan fingerprint density at radius 1 is 1.50 bits per heavy atom. The lowest BCUT2D eigenvalue weighted by molar-refractivity contribution is -0.148.